The van der Waals surface area contributed by atoms with Crippen LogP contribution < -0.4 is 10.6 Å². The molecule has 1 aromatic carbocycles. The lowest BCUT2D eigenvalue weighted by Crippen LogP contribution is -2.52. The summed E-state index contributed by atoms with van der Waals surface area (Å²) in [6.45, 7) is 2.83. The minimum absolute atomic E-state index is 0.0840. The van der Waals surface area contributed by atoms with Crippen molar-refractivity contribution < 1.29 is 13.2 Å². The highest BCUT2D eigenvalue weighted by molar-refractivity contribution is 5.96. The third kappa shape index (κ3) is 3.63. The van der Waals surface area contributed by atoms with Gasteiger partial charge in [-0.25, -0.2) is 9.97 Å². The molecule has 2 aromatic heterocycles. The first-order chi connectivity index (χ1) is 13.9. The van der Waals surface area contributed by atoms with Gasteiger partial charge in [-0.05, 0) is 31.5 Å². The molecule has 0 radical (unpaired) electrons. The van der Waals surface area contributed by atoms with Crippen LogP contribution in [0.15, 0.2) is 30.6 Å². The van der Waals surface area contributed by atoms with Crippen LogP contribution in [0.3, 0.4) is 0 Å². The SMILES string of the molecule is CCN[C@H]1CC[C@@H]1Nc1ncc(C(F)(F)F)c(-c2c[nH]c3cc(C#N)ccc23)n1. The van der Waals surface area contributed by atoms with Gasteiger partial charge in [0.2, 0.25) is 5.95 Å². The van der Waals surface area contributed by atoms with Crippen LogP contribution in [0.2, 0.25) is 0 Å². The predicted octanol–water partition coefficient (Wildman–Crippen LogP) is 4.07. The number of nitriles is 1. The molecular weight excluding hydrogens is 381 g/mol. The molecule has 1 saturated carbocycles. The van der Waals surface area contributed by atoms with Crippen LogP contribution in [0.5, 0.6) is 0 Å². The quantitative estimate of drug-likeness (QED) is 0.601. The van der Waals surface area contributed by atoms with Gasteiger partial charge in [0.1, 0.15) is 5.56 Å². The Morgan fingerprint density at radius 3 is 2.72 bits per heavy atom. The molecule has 0 aliphatic heterocycles. The van der Waals surface area contributed by atoms with Crippen molar-refractivity contribution in [1.82, 2.24) is 20.3 Å². The van der Waals surface area contributed by atoms with Gasteiger partial charge < -0.3 is 15.6 Å². The monoisotopic (exact) mass is 400 g/mol. The van der Waals surface area contributed by atoms with Crippen molar-refractivity contribution in [3.8, 4) is 17.3 Å². The summed E-state index contributed by atoms with van der Waals surface area (Å²) in [7, 11) is 0. The molecule has 0 amide bonds. The fourth-order valence-corrected chi connectivity index (χ4v) is 3.60. The van der Waals surface area contributed by atoms with Crippen molar-refractivity contribution >= 4 is 16.9 Å². The number of halogens is 3. The lowest BCUT2D eigenvalue weighted by molar-refractivity contribution is -0.137. The van der Waals surface area contributed by atoms with Gasteiger partial charge in [-0.15, -0.1) is 0 Å². The van der Waals surface area contributed by atoms with Gasteiger partial charge in [0.25, 0.3) is 0 Å². The van der Waals surface area contributed by atoms with Crippen molar-refractivity contribution in [3.05, 3.63) is 41.7 Å². The largest absolute Gasteiger partial charge is 0.419 e. The average Bonchev–Trinajstić information content (AvgIpc) is 3.11. The van der Waals surface area contributed by atoms with Gasteiger partial charge in [0.05, 0.1) is 17.3 Å². The van der Waals surface area contributed by atoms with E-state index in [0.29, 0.717) is 22.0 Å². The topological polar surface area (TPSA) is 89.4 Å². The number of aromatic amines is 1. The van der Waals surface area contributed by atoms with E-state index >= 15 is 0 Å². The molecule has 9 heteroatoms. The number of likely N-dealkylation sites (N-methyl/N-ethyl adjacent to an activating group) is 1. The molecule has 2 heterocycles. The maximum atomic E-state index is 13.6. The summed E-state index contributed by atoms with van der Waals surface area (Å²) in [5.74, 6) is 0.170. The van der Waals surface area contributed by atoms with E-state index in [4.69, 9.17) is 5.26 Å². The van der Waals surface area contributed by atoms with Gasteiger partial charge in [-0.2, -0.15) is 18.4 Å². The summed E-state index contributed by atoms with van der Waals surface area (Å²) in [6, 6.07) is 7.16. The first kappa shape index (κ1) is 19.2. The van der Waals surface area contributed by atoms with E-state index in [1.807, 2.05) is 13.0 Å². The average molecular weight is 400 g/mol. The van der Waals surface area contributed by atoms with Crippen LogP contribution in [-0.2, 0) is 6.18 Å². The highest BCUT2D eigenvalue weighted by atomic mass is 19.4. The maximum Gasteiger partial charge on any atom is 0.419 e. The number of hydrogen-bond acceptors (Lipinski definition) is 5. The summed E-state index contributed by atoms with van der Waals surface area (Å²) >= 11 is 0. The molecule has 1 aliphatic rings. The second-order valence-electron chi connectivity index (χ2n) is 7.02. The van der Waals surface area contributed by atoms with Gasteiger partial charge >= 0.3 is 6.18 Å². The zero-order valence-electron chi connectivity index (χ0n) is 15.6. The van der Waals surface area contributed by atoms with E-state index in [0.717, 1.165) is 25.6 Å². The van der Waals surface area contributed by atoms with Gasteiger partial charge in [0.15, 0.2) is 0 Å². The van der Waals surface area contributed by atoms with Crippen molar-refractivity contribution in [2.45, 2.75) is 38.0 Å². The molecule has 3 aromatic rings. The first-order valence-electron chi connectivity index (χ1n) is 9.36. The lowest BCUT2D eigenvalue weighted by Gasteiger charge is -2.37. The number of fused-ring (bicyclic) bond motifs is 1. The van der Waals surface area contributed by atoms with Crippen LogP contribution in [0.1, 0.15) is 30.9 Å². The number of rotatable bonds is 5. The Bertz CT molecular complexity index is 1080. The third-order valence-electron chi connectivity index (χ3n) is 5.22. The maximum absolute atomic E-state index is 13.6. The number of aromatic nitrogens is 3. The molecule has 0 saturated heterocycles. The predicted molar refractivity (Wildman–Crippen MR) is 103 cm³/mol. The van der Waals surface area contributed by atoms with Crippen molar-refractivity contribution in [3.63, 3.8) is 0 Å². The van der Waals surface area contributed by atoms with Crippen LogP contribution >= 0.6 is 0 Å². The summed E-state index contributed by atoms with van der Waals surface area (Å²) in [6.07, 6.45) is -0.372. The summed E-state index contributed by atoms with van der Waals surface area (Å²) in [4.78, 5) is 11.1. The Balaban J connectivity index is 1.75. The Labute approximate surface area is 165 Å². The Morgan fingerprint density at radius 2 is 2.07 bits per heavy atom. The normalized spacial score (nSPS) is 19.0. The number of H-pyrrole nitrogens is 1. The molecule has 1 fully saturated rings. The molecule has 150 valence electrons. The third-order valence-corrected chi connectivity index (χ3v) is 5.22. The molecule has 4 rings (SSSR count). The molecule has 6 nitrogen and oxygen atoms in total. The molecule has 1 aliphatic carbocycles. The molecule has 0 unspecified atom stereocenters. The number of benzene rings is 1. The Morgan fingerprint density at radius 1 is 1.28 bits per heavy atom. The molecule has 2 atom stereocenters. The standard InChI is InChI=1S/C20H19F3N6/c1-2-25-15-5-6-16(15)28-19-27-10-14(20(21,22)23)18(29-19)13-9-26-17-7-11(8-24)3-4-12(13)17/h3-4,7,9-10,15-16,25-26H,2,5-6H2,1H3,(H,27,28,29)/t15-,16-/m0/s1. The number of nitrogens with zero attached hydrogens (tertiary/aromatic N) is 3. The van der Waals surface area contributed by atoms with E-state index in [-0.39, 0.29) is 23.7 Å². The van der Waals surface area contributed by atoms with Gasteiger partial charge in [0, 0.05) is 40.9 Å². The van der Waals surface area contributed by atoms with Crippen LogP contribution in [0, 0.1) is 11.3 Å². The molecule has 0 spiro atoms. The molecular formula is C20H19F3N6. The minimum atomic E-state index is -4.59. The molecule has 29 heavy (non-hydrogen) atoms. The molecule has 0 bridgehead atoms. The summed E-state index contributed by atoms with van der Waals surface area (Å²) < 4.78 is 40.9. The summed E-state index contributed by atoms with van der Waals surface area (Å²) in [5.41, 5.74) is 0.229. The lowest BCUT2D eigenvalue weighted by atomic mass is 9.86. The van der Waals surface area contributed by atoms with Crippen molar-refractivity contribution in [2.24, 2.45) is 0 Å². The van der Waals surface area contributed by atoms with Crippen LogP contribution in [-0.4, -0.2) is 33.6 Å². The Hall–Kier alpha value is -3.12. The van der Waals surface area contributed by atoms with E-state index in [1.165, 1.54) is 6.20 Å². The highest BCUT2D eigenvalue weighted by Crippen LogP contribution is 2.39. The van der Waals surface area contributed by atoms with Crippen LogP contribution in [0.25, 0.3) is 22.2 Å². The number of nitrogens with one attached hydrogen (secondary N) is 3. The fraction of sp³-hybridized carbons (Fsp3) is 0.350. The number of hydrogen-bond donors (Lipinski definition) is 3. The second-order valence-corrected chi connectivity index (χ2v) is 7.02. The van der Waals surface area contributed by atoms with Gasteiger partial charge in [-0.3, -0.25) is 0 Å². The zero-order chi connectivity index (χ0) is 20.6. The molecule has 3 N–H and O–H groups in total. The first-order valence-corrected chi connectivity index (χ1v) is 9.36. The summed E-state index contributed by atoms with van der Waals surface area (Å²) in [5, 5.41) is 16.1. The Kier molecular flexibility index (Phi) is 4.88. The zero-order valence-corrected chi connectivity index (χ0v) is 15.6. The smallest absolute Gasteiger partial charge is 0.360 e. The van der Waals surface area contributed by atoms with E-state index in [1.54, 1.807) is 18.2 Å². The fourth-order valence-electron chi connectivity index (χ4n) is 3.60. The van der Waals surface area contributed by atoms with E-state index < -0.39 is 11.7 Å². The van der Waals surface area contributed by atoms with E-state index in [2.05, 4.69) is 25.6 Å². The highest BCUT2D eigenvalue weighted by Gasteiger charge is 2.37. The second kappa shape index (κ2) is 7.37. The van der Waals surface area contributed by atoms with Gasteiger partial charge in [-0.1, -0.05) is 13.0 Å². The number of alkyl halides is 3. The van der Waals surface area contributed by atoms with Crippen molar-refractivity contribution in [2.75, 3.05) is 11.9 Å². The van der Waals surface area contributed by atoms with Crippen molar-refractivity contribution in [1.29, 1.82) is 5.26 Å². The van der Waals surface area contributed by atoms with Crippen LogP contribution in [0.4, 0.5) is 19.1 Å². The minimum Gasteiger partial charge on any atom is -0.360 e. The van der Waals surface area contributed by atoms with E-state index in [9.17, 15) is 13.2 Å². The number of anilines is 1.